The average Bonchev–Trinajstić information content (AvgIpc) is 2.62. The summed E-state index contributed by atoms with van der Waals surface area (Å²) in [5.41, 5.74) is 7.50. The number of halogens is 1. The van der Waals surface area contributed by atoms with Gasteiger partial charge in [0.15, 0.2) is 0 Å². The summed E-state index contributed by atoms with van der Waals surface area (Å²) < 4.78 is 5.36. The standard InChI is InChI=1S/C19H21ClN2O3S/c1-12-4-6-16(9-17(12)20)22-21-13(2)14-5-7-18(25-3)15(8-14)10-26-11-19(23)24/h4-9,22H,10-11H2,1-3H3,(H,23,24)/b21-13-. The van der Waals surface area contributed by atoms with Crippen molar-refractivity contribution in [2.45, 2.75) is 19.6 Å². The molecule has 0 heterocycles. The minimum Gasteiger partial charge on any atom is -0.496 e. The van der Waals surface area contributed by atoms with Crippen LogP contribution in [0.15, 0.2) is 41.5 Å². The van der Waals surface area contributed by atoms with Crippen LogP contribution in [0, 0.1) is 6.92 Å². The van der Waals surface area contributed by atoms with Crippen molar-refractivity contribution < 1.29 is 14.6 Å². The quantitative estimate of drug-likeness (QED) is 0.498. The SMILES string of the molecule is COc1ccc(/C(C)=N\Nc2ccc(C)c(Cl)c2)cc1CSCC(=O)O. The molecule has 0 amide bonds. The molecule has 2 aromatic carbocycles. The first-order chi connectivity index (χ1) is 12.4. The van der Waals surface area contributed by atoms with E-state index in [2.05, 4.69) is 10.5 Å². The molecule has 2 rings (SSSR count). The molecule has 0 aliphatic heterocycles. The van der Waals surface area contributed by atoms with Crippen LogP contribution in [0.2, 0.25) is 5.02 Å². The van der Waals surface area contributed by atoms with Crippen LogP contribution in [0.1, 0.15) is 23.6 Å². The molecule has 0 radical (unpaired) electrons. The van der Waals surface area contributed by atoms with Gasteiger partial charge in [0.25, 0.3) is 0 Å². The second-order valence-corrected chi connectivity index (χ2v) is 7.08. The van der Waals surface area contributed by atoms with E-state index in [9.17, 15) is 4.79 Å². The average molecular weight is 393 g/mol. The zero-order valence-corrected chi connectivity index (χ0v) is 16.4. The van der Waals surface area contributed by atoms with Gasteiger partial charge in [-0.15, -0.1) is 11.8 Å². The van der Waals surface area contributed by atoms with Gasteiger partial charge in [-0.1, -0.05) is 17.7 Å². The maximum absolute atomic E-state index is 10.7. The maximum Gasteiger partial charge on any atom is 0.313 e. The molecule has 26 heavy (non-hydrogen) atoms. The molecule has 0 bridgehead atoms. The predicted octanol–water partition coefficient (Wildman–Crippen LogP) is 4.81. The molecule has 0 spiro atoms. The summed E-state index contributed by atoms with van der Waals surface area (Å²) in [7, 11) is 1.60. The Hall–Kier alpha value is -2.18. The third-order valence-corrected chi connectivity index (χ3v) is 5.08. The maximum atomic E-state index is 10.7. The van der Waals surface area contributed by atoms with Gasteiger partial charge in [0, 0.05) is 16.3 Å². The Morgan fingerprint density at radius 2 is 2.08 bits per heavy atom. The Morgan fingerprint density at radius 1 is 1.31 bits per heavy atom. The first-order valence-corrected chi connectivity index (χ1v) is 9.47. The first-order valence-electron chi connectivity index (χ1n) is 7.94. The monoisotopic (exact) mass is 392 g/mol. The lowest BCUT2D eigenvalue weighted by atomic mass is 10.1. The molecule has 0 aliphatic rings. The van der Waals surface area contributed by atoms with E-state index in [-0.39, 0.29) is 5.75 Å². The van der Waals surface area contributed by atoms with Crippen molar-refractivity contribution in [2.75, 3.05) is 18.3 Å². The number of ether oxygens (including phenoxy) is 1. The molecule has 0 fully saturated rings. The zero-order valence-electron chi connectivity index (χ0n) is 14.9. The van der Waals surface area contributed by atoms with Crippen molar-refractivity contribution in [3.8, 4) is 5.75 Å². The number of benzene rings is 2. The van der Waals surface area contributed by atoms with Crippen LogP contribution in [0.25, 0.3) is 0 Å². The van der Waals surface area contributed by atoms with E-state index in [4.69, 9.17) is 21.4 Å². The lowest BCUT2D eigenvalue weighted by molar-refractivity contribution is -0.133. The number of nitrogens with zero attached hydrogens (tertiary/aromatic N) is 1. The number of nitrogens with one attached hydrogen (secondary N) is 1. The lowest BCUT2D eigenvalue weighted by Gasteiger charge is -2.11. The summed E-state index contributed by atoms with van der Waals surface area (Å²) in [6.07, 6.45) is 0. The van der Waals surface area contributed by atoms with Crippen LogP contribution >= 0.6 is 23.4 Å². The van der Waals surface area contributed by atoms with Gasteiger partial charge in [-0.3, -0.25) is 10.2 Å². The molecule has 138 valence electrons. The second-order valence-electron chi connectivity index (χ2n) is 5.69. The van der Waals surface area contributed by atoms with Gasteiger partial charge in [0.2, 0.25) is 0 Å². The van der Waals surface area contributed by atoms with Crippen molar-refractivity contribution in [1.29, 1.82) is 0 Å². The fourth-order valence-electron chi connectivity index (χ4n) is 2.24. The molecule has 5 nitrogen and oxygen atoms in total. The van der Waals surface area contributed by atoms with Crippen LogP contribution < -0.4 is 10.2 Å². The Balaban J connectivity index is 2.14. The molecular weight excluding hydrogens is 372 g/mol. The van der Waals surface area contributed by atoms with Crippen molar-refractivity contribution in [2.24, 2.45) is 5.10 Å². The molecule has 2 aromatic rings. The van der Waals surface area contributed by atoms with Gasteiger partial charge < -0.3 is 9.84 Å². The van der Waals surface area contributed by atoms with Crippen molar-refractivity contribution in [1.82, 2.24) is 0 Å². The number of aryl methyl sites for hydroxylation is 1. The minimum atomic E-state index is -0.830. The smallest absolute Gasteiger partial charge is 0.313 e. The van der Waals surface area contributed by atoms with E-state index in [1.807, 2.05) is 50.2 Å². The number of aliphatic carboxylic acids is 1. The summed E-state index contributed by atoms with van der Waals surface area (Å²) >= 11 is 7.45. The summed E-state index contributed by atoms with van der Waals surface area (Å²) in [6.45, 7) is 3.85. The first kappa shape index (κ1) is 20.1. The van der Waals surface area contributed by atoms with Crippen LogP contribution in [-0.2, 0) is 10.5 Å². The second kappa shape index (κ2) is 9.50. The van der Waals surface area contributed by atoms with Crippen molar-refractivity contribution in [3.05, 3.63) is 58.1 Å². The fourth-order valence-corrected chi connectivity index (χ4v) is 3.14. The van der Waals surface area contributed by atoms with E-state index in [0.29, 0.717) is 10.8 Å². The van der Waals surface area contributed by atoms with Crippen LogP contribution in [0.4, 0.5) is 5.69 Å². The summed E-state index contributed by atoms with van der Waals surface area (Å²) in [4.78, 5) is 10.7. The van der Waals surface area contributed by atoms with E-state index in [1.165, 1.54) is 11.8 Å². The van der Waals surface area contributed by atoms with Crippen LogP contribution in [0.5, 0.6) is 5.75 Å². The number of carboxylic acid groups (broad SMARTS) is 1. The topological polar surface area (TPSA) is 70.9 Å². The number of methoxy groups -OCH3 is 1. The highest BCUT2D eigenvalue weighted by Gasteiger charge is 2.08. The van der Waals surface area contributed by atoms with Crippen molar-refractivity contribution in [3.63, 3.8) is 0 Å². The number of carboxylic acids is 1. The fraction of sp³-hybridized carbons (Fsp3) is 0.263. The van der Waals surface area contributed by atoms with Gasteiger partial charge in [-0.05, 0) is 55.3 Å². The van der Waals surface area contributed by atoms with Crippen LogP contribution in [0.3, 0.4) is 0 Å². The Bertz CT molecular complexity index is 824. The molecule has 0 saturated carbocycles. The van der Waals surface area contributed by atoms with Gasteiger partial charge in [-0.25, -0.2) is 0 Å². The number of carbonyl (C=O) groups is 1. The number of hydrazone groups is 1. The molecule has 2 N–H and O–H groups in total. The molecule has 0 atom stereocenters. The zero-order chi connectivity index (χ0) is 19.1. The third-order valence-electron chi connectivity index (χ3n) is 3.71. The Morgan fingerprint density at radius 3 is 2.73 bits per heavy atom. The third kappa shape index (κ3) is 5.68. The normalized spacial score (nSPS) is 11.3. The van der Waals surface area contributed by atoms with Gasteiger partial charge in [-0.2, -0.15) is 5.10 Å². The largest absolute Gasteiger partial charge is 0.496 e. The van der Waals surface area contributed by atoms with E-state index in [0.717, 1.165) is 33.8 Å². The van der Waals surface area contributed by atoms with Gasteiger partial charge >= 0.3 is 5.97 Å². The van der Waals surface area contributed by atoms with Gasteiger partial charge in [0.1, 0.15) is 5.75 Å². The molecular formula is C19H21ClN2O3S. The molecule has 0 unspecified atom stereocenters. The molecule has 0 aliphatic carbocycles. The predicted molar refractivity (Wildman–Crippen MR) is 109 cm³/mol. The molecule has 7 heteroatoms. The number of rotatable bonds is 8. The molecule has 0 aromatic heterocycles. The van der Waals surface area contributed by atoms with E-state index >= 15 is 0 Å². The highest BCUT2D eigenvalue weighted by Crippen LogP contribution is 2.25. The van der Waals surface area contributed by atoms with Crippen LogP contribution in [-0.4, -0.2) is 29.7 Å². The summed E-state index contributed by atoms with van der Waals surface area (Å²) in [5.74, 6) is 0.509. The summed E-state index contributed by atoms with van der Waals surface area (Å²) in [5, 5.41) is 13.9. The van der Waals surface area contributed by atoms with E-state index < -0.39 is 5.97 Å². The van der Waals surface area contributed by atoms with E-state index in [1.54, 1.807) is 7.11 Å². The minimum absolute atomic E-state index is 0.0518. The number of hydrogen-bond donors (Lipinski definition) is 2. The molecule has 0 saturated heterocycles. The Labute approximate surface area is 162 Å². The number of hydrogen-bond acceptors (Lipinski definition) is 5. The lowest BCUT2D eigenvalue weighted by Crippen LogP contribution is -2.03. The van der Waals surface area contributed by atoms with Crippen molar-refractivity contribution >= 4 is 40.7 Å². The van der Waals surface area contributed by atoms with Gasteiger partial charge in [0.05, 0.1) is 24.3 Å². The number of anilines is 1. The number of thioether (sulfide) groups is 1. The Kier molecular flexibility index (Phi) is 7.36. The highest BCUT2D eigenvalue weighted by atomic mass is 35.5. The highest BCUT2D eigenvalue weighted by molar-refractivity contribution is 7.99. The summed E-state index contributed by atoms with van der Waals surface area (Å²) in [6, 6.07) is 11.4.